The molecule has 0 spiro atoms. The average Bonchev–Trinajstić information content (AvgIpc) is 3.15. The van der Waals surface area contributed by atoms with Crippen molar-refractivity contribution in [3.05, 3.63) is 51.7 Å². The quantitative estimate of drug-likeness (QED) is 0.884. The second-order valence-corrected chi connectivity index (χ2v) is 8.37. The molecular formula is C21H25N3O2S. The summed E-state index contributed by atoms with van der Waals surface area (Å²) in [5.74, 6) is -0.0231. The molecule has 3 heterocycles. The Morgan fingerprint density at radius 3 is 2.52 bits per heavy atom. The van der Waals surface area contributed by atoms with Gasteiger partial charge in [-0.15, -0.1) is 11.3 Å². The number of benzene rings is 1. The lowest BCUT2D eigenvalue weighted by Gasteiger charge is -2.40. The zero-order valence-electron chi connectivity index (χ0n) is 15.6. The van der Waals surface area contributed by atoms with Gasteiger partial charge in [0.15, 0.2) is 0 Å². The molecule has 0 bridgehead atoms. The van der Waals surface area contributed by atoms with E-state index in [9.17, 15) is 9.59 Å². The molecule has 5 nitrogen and oxygen atoms in total. The summed E-state index contributed by atoms with van der Waals surface area (Å²) in [5, 5.41) is 4.93. The second-order valence-electron chi connectivity index (χ2n) is 7.37. The van der Waals surface area contributed by atoms with Crippen LogP contribution in [0, 0.1) is 0 Å². The molecule has 0 atom stereocenters. The van der Waals surface area contributed by atoms with E-state index in [1.165, 1.54) is 12.5 Å². The Kier molecular flexibility index (Phi) is 5.27. The predicted molar refractivity (Wildman–Crippen MR) is 108 cm³/mol. The number of anilines is 1. The fourth-order valence-corrected chi connectivity index (χ4v) is 4.99. The van der Waals surface area contributed by atoms with E-state index in [0.717, 1.165) is 51.1 Å². The molecule has 142 valence electrons. The minimum atomic E-state index is -0.108. The van der Waals surface area contributed by atoms with Gasteiger partial charge in [-0.25, -0.2) is 0 Å². The minimum Gasteiger partial charge on any atom is -0.339 e. The third kappa shape index (κ3) is 4.06. The van der Waals surface area contributed by atoms with Crippen molar-refractivity contribution in [1.29, 1.82) is 0 Å². The highest BCUT2D eigenvalue weighted by atomic mass is 32.1. The molecule has 1 aromatic heterocycles. The van der Waals surface area contributed by atoms with E-state index in [0.29, 0.717) is 11.6 Å². The van der Waals surface area contributed by atoms with Crippen LogP contribution in [0.2, 0.25) is 0 Å². The maximum atomic E-state index is 12.8. The zero-order chi connectivity index (χ0) is 18.8. The Bertz CT molecular complexity index is 822. The number of piperidine rings is 1. The molecule has 27 heavy (non-hydrogen) atoms. The Hall–Kier alpha value is -2.18. The number of carbonyl (C=O) groups is 2. The van der Waals surface area contributed by atoms with Crippen LogP contribution in [0.5, 0.6) is 0 Å². The summed E-state index contributed by atoms with van der Waals surface area (Å²) >= 11 is 1.88. The maximum absolute atomic E-state index is 12.8. The van der Waals surface area contributed by atoms with E-state index in [-0.39, 0.29) is 11.8 Å². The molecule has 1 fully saturated rings. The molecule has 1 aromatic carbocycles. The molecule has 1 N–H and O–H groups in total. The van der Waals surface area contributed by atoms with E-state index in [1.54, 1.807) is 29.1 Å². The molecule has 1 saturated heterocycles. The Morgan fingerprint density at radius 2 is 1.81 bits per heavy atom. The summed E-state index contributed by atoms with van der Waals surface area (Å²) in [6.45, 7) is 5.29. The number of nitrogens with zero attached hydrogens (tertiary/aromatic N) is 2. The molecule has 0 aliphatic carbocycles. The van der Waals surface area contributed by atoms with Gasteiger partial charge in [0.25, 0.3) is 5.91 Å². The minimum absolute atomic E-state index is 0.0848. The van der Waals surface area contributed by atoms with Crippen LogP contribution in [-0.4, -0.2) is 47.3 Å². The largest absolute Gasteiger partial charge is 0.339 e. The van der Waals surface area contributed by atoms with Gasteiger partial charge in [0, 0.05) is 55.3 Å². The topological polar surface area (TPSA) is 52.7 Å². The number of hydrogen-bond donors (Lipinski definition) is 1. The Morgan fingerprint density at radius 1 is 1.07 bits per heavy atom. The van der Waals surface area contributed by atoms with Crippen LogP contribution in [0.15, 0.2) is 35.7 Å². The van der Waals surface area contributed by atoms with Gasteiger partial charge in [-0.2, -0.15) is 0 Å². The number of amides is 2. The molecule has 0 saturated carbocycles. The first-order valence-electron chi connectivity index (χ1n) is 9.56. The molecule has 0 radical (unpaired) electrons. The summed E-state index contributed by atoms with van der Waals surface area (Å²) in [6, 6.07) is 9.99. The number of rotatable bonds is 3. The van der Waals surface area contributed by atoms with Gasteiger partial charge in [0.1, 0.15) is 0 Å². The Labute approximate surface area is 164 Å². The van der Waals surface area contributed by atoms with Gasteiger partial charge < -0.3 is 10.2 Å². The molecule has 2 amide bonds. The standard InChI is InChI=1S/C21H25N3O2S/c1-15(25)22-18-4-2-16(3-5-18)21(26)23-10-6-19(7-11-23)24-12-8-20-17(14-24)9-13-27-20/h2-5,9,13,19H,6-8,10-12,14H2,1H3,(H,22,25). The lowest BCUT2D eigenvalue weighted by atomic mass is 9.99. The van der Waals surface area contributed by atoms with Crippen molar-refractivity contribution in [1.82, 2.24) is 9.80 Å². The molecule has 2 aliphatic heterocycles. The van der Waals surface area contributed by atoms with Crippen molar-refractivity contribution >= 4 is 28.8 Å². The zero-order valence-corrected chi connectivity index (χ0v) is 16.4. The van der Waals surface area contributed by atoms with E-state index in [1.807, 2.05) is 16.2 Å². The number of hydrogen-bond acceptors (Lipinski definition) is 4. The summed E-state index contributed by atoms with van der Waals surface area (Å²) in [5.41, 5.74) is 2.89. The van der Waals surface area contributed by atoms with Crippen molar-refractivity contribution in [2.75, 3.05) is 25.0 Å². The number of fused-ring (bicyclic) bond motifs is 1. The van der Waals surface area contributed by atoms with Crippen LogP contribution in [0.25, 0.3) is 0 Å². The second kappa shape index (κ2) is 7.82. The predicted octanol–water partition coefficient (Wildman–Crippen LogP) is 3.37. The van der Waals surface area contributed by atoms with E-state index < -0.39 is 0 Å². The normalized spacial score (nSPS) is 18.2. The fourth-order valence-electron chi connectivity index (χ4n) is 4.10. The number of nitrogens with one attached hydrogen (secondary N) is 1. The third-order valence-electron chi connectivity index (χ3n) is 5.56. The molecule has 4 rings (SSSR count). The van der Waals surface area contributed by atoms with Crippen LogP contribution in [0.4, 0.5) is 5.69 Å². The van der Waals surface area contributed by atoms with Crippen molar-refractivity contribution in [2.45, 2.75) is 38.8 Å². The Balaban J connectivity index is 1.32. The number of carbonyl (C=O) groups excluding carboxylic acids is 2. The van der Waals surface area contributed by atoms with Crippen LogP contribution in [0.3, 0.4) is 0 Å². The smallest absolute Gasteiger partial charge is 0.253 e. The lowest BCUT2D eigenvalue weighted by molar-refractivity contribution is -0.114. The lowest BCUT2D eigenvalue weighted by Crippen LogP contribution is -2.47. The van der Waals surface area contributed by atoms with E-state index >= 15 is 0 Å². The van der Waals surface area contributed by atoms with Crippen molar-refractivity contribution in [2.24, 2.45) is 0 Å². The highest BCUT2D eigenvalue weighted by molar-refractivity contribution is 7.10. The number of likely N-dealkylation sites (tertiary alicyclic amines) is 1. The first kappa shape index (κ1) is 18.2. The highest BCUT2D eigenvalue weighted by Crippen LogP contribution is 2.28. The van der Waals surface area contributed by atoms with Gasteiger partial charge in [-0.3, -0.25) is 14.5 Å². The van der Waals surface area contributed by atoms with Crippen molar-refractivity contribution < 1.29 is 9.59 Å². The molecular weight excluding hydrogens is 358 g/mol. The molecule has 6 heteroatoms. The van der Waals surface area contributed by atoms with Gasteiger partial charge >= 0.3 is 0 Å². The first-order valence-corrected chi connectivity index (χ1v) is 10.4. The van der Waals surface area contributed by atoms with Gasteiger partial charge in [-0.05, 0) is 60.5 Å². The SMILES string of the molecule is CC(=O)Nc1ccc(C(=O)N2CCC(N3CCc4sccc4C3)CC2)cc1. The highest BCUT2D eigenvalue weighted by Gasteiger charge is 2.29. The van der Waals surface area contributed by atoms with E-state index in [2.05, 4.69) is 21.7 Å². The first-order chi connectivity index (χ1) is 13.1. The summed E-state index contributed by atoms with van der Waals surface area (Å²) in [6.07, 6.45) is 3.23. The van der Waals surface area contributed by atoms with Crippen molar-refractivity contribution in [3.63, 3.8) is 0 Å². The van der Waals surface area contributed by atoms with Gasteiger partial charge in [-0.1, -0.05) is 0 Å². The number of thiophene rings is 1. The van der Waals surface area contributed by atoms with Crippen LogP contribution in [0.1, 0.15) is 40.6 Å². The average molecular weight is 384 g/mol. The van der Waals surface area contributed by atoms with E-state index in [4.69, 9.17) is 0 Å². The summed E-state index contributed by atoms with van der Waals surface area (Å²) < 4.78 is 0. The monoisotopic (exact) mass is 383 g/mol. The maximum Gasteiger partial charge on any atom is 0.253 e. The van der Waals surface area contributed by atoms with Gasteiger partial charge in [0.2, 0.25) is 5.91 Å². The molecule has 2 aliphatic rings. The van der Waals surface area contributed by atoms with Crippen molar-refractivity contribution in [3.8, 4) is 0 Å². The fraction of sp³-hybridized carbons (Fsp3) is 0.429. The molecule has 0 unspecified atom stereocenters. The summed E-state index contributed by atoms with van der Waals surface area (Å²) in [7, 11) is 0. The summed E-state index contributed by atoms with van der Waals surface area (Å²) in [4.78, 5) is 30.0. The van der Waals surface area contributed by atoms with Crippen LogP contribution < -0.4 is 5.32 Å². The van der Waals surface area contributed by atoms with Crippen LogP contribution in [-0.2, 0) is 17.8 Å². The third-order valence-corrected chi connectivity index (χ3v) is 6.58. The molecule has 2 aromatic rings. The van der Waals surface area contributed by atoms with Gasteiger partial charge in [0.05, 0.1) is 0 Å². The van der Waals surface area contributed by atoms with Crippen LogP contribution >= 0.6 is 11.3 Å².